The van der Waals surface area contributed by atoms with E-state index in [2.05, 4.69) is 79.2 Å². The third-order valence-electron chi connectivity index (χ3n) is 7.16. The SMILES string of the molecule is Cc1ccc(C2CCN(C(=O)Nc3ccccc3N3CCN(C(C)C)C(C)C3)CC2)cc1. The maximum absolute atomic E-state index is 13.1. The number of piperazine rings is 1. The van der Waals surface area contributed by atoms with Crippen molar-refractivity contribution in [3.05, 3.63) is 59.7 Å². The maximum Gasteiger partial charge on any atom is 0.321 e. The van der Waals surface area contributed by atoms with Gasteiger partial charge in [-0.25, -0.2) is 4.79 Å². The van der Waals surface area contributed by atoms with E-state index >= 15 is 0 Å². The second-order valence-corrected chi connectivity index (χ2v) is 9.75. The van der Waals surface area contributed by atoms with Gasteiger partial charge in [0.2, 0.25) is 0 Å². The summed E-state index contributed by atoms with van der Waals surface area (Å²) >= 11 is 0. The van der Waals surface area contributed by atoms with Crippen LogP contribution in [0.1, 0.15) is 50.7 Å². The summed E-state index contributed by atoms with van der Waals surface area (Å²) in [7, 11) is 0. The Labute approximate surface area is 193 Å². The highest BCUT2D eigenvalue weighted by Gasteiger charge is 2.28. The second kappa shape index (κ2) is 9.95. The van der Waals surface area contributed by atoms with Crippen LogP contribution in [0.2, 0.25) is 0 Å². The van der Waals surface area contributed by atoms with Crippen LogP contribution in [0.4, 0.5) is 16.2 Å². The van der Waals surface area contributed by atoms with E-state index in [4.69, 9.17) is 0 Å². The third kappa shape index (κ3) is 5.09. The molecule has 5 heteroatoms. The summed E-state index contributed by atoms with van der Waals surface area (Å²) in [5.41, 5.74) is 4.74. The van der Waals surface area contributed by atoms with Gasteiger partial charge in [0.1, 0.15) is 0 Å². The average Bonchev–Trinajstić information content (AvgIpc) is 2.80. The fourth-order valence-corrected chi connectivity index (χ4v) is 5.26. The summed E-state index contributed by atoms with van der Waals surface area (Å²) in [6.07, 6.45) is 2.04. The van der Waals surface area contributed by atoms with E-state index in [-0.39, 0.29) is 6.03 Å². The molecule has 0 saturated carbocycles. The number of nitrogens with zero attached hydrogens (tertiary/aromatic N) is 3. The van der Waals surface area contributed by atoms with Gasteiger partial charge in [-0.3, -0.25) is 4.90 Å². The van der Waals surface area contributed by atoms with Crippen LogP contribution in [0.15, 0.2) is 48.5 Å². The predicted molar refractivity (Wildman–Crippen MR) is 134 cm³/mol. The van der Waals surface area contributed by atoms with Crippen molar-refractivity contribution in [3.8, 4) is 0 Å². The molecule has 2 saturated heterocycles. The molecule has 1 atom stereocenters. The molecular formula is C27H38N4O. The topological polar surface area (TPSA) is 38.8 Å². The van der Waals surface area contributed by atoms with E-state index in [9.17, 15) is 4.79 Å². The number of carbonyl (C=O) groups is 1. The van der Waals surface area contributed by atoms with Crippen molar-refractivity contribution in [1.82, 2.24) is 9.80 Å². The molecule has 4 rings (SSSR count). The number of urea groups is 1. The predicted octanol–water partition coefficient (Wildman–Crippen LogP) is 5.33. The minimum atomic E-state index is 0.0219. The molecule has 1 unspecified atom stereocenters. The highest BCUT2D eigenvalue weighted by molar-refractivity contribution is 5.93. The number of hydrogen-bond acceptors (Lipinski definition) is 3. The van der Waals surface area contributed by atoms with E-state index in [0.29, 0.717) is 18.0 Å². The van der Waals surface area contributed by atoms with Crippen LogP contribution in [-0.4, -0.2) is 60.6 Å². The number of hydrogen-bond donors (Lipinski definition) is 1. The second-order valence-electron chi connectivity index (χ2n) is 9.75. The molecular weight excluding hydrogens is 396 g/mol. The lowest BCUT2D eigenvalue weighted by atomic mass is 9.89. The molecule has 0 bridgehead atoms. The molecule has 2 aliphatic rings. The zero-order chi connectivity index (χ0) is 22.7. The minimum Gasteiger partial charge on any atom is -0.367 e. The molecule has 2 aliphatic heterocycles. The van der Waals surface area contributed by atoms with Crippen LogP contribution in [-0.2, 0) is 0 Å². The molecule has 0 aromatic heterocycles. The van der Waals surface area contributed by atoms with Crippen LogP contribution in [0.5, 0.6) is 0 Å². The van der Waals surface area contributed by atoms with Crippen molar-refractivity contribution >= 4 is 17.4 Å². The van der Waals surface area contributed by atoms with Crippen LogP contribution < -0.4 is 10.2 Å². The number of benzene rings is 2. The molecule has 5 nitrogen and oxygen atoms in total. The number of para-hydroxylation sites is 2. The Morgan fingerprint density at radius 3 is 2.31 bits per heavy atom. The number of amides is 2. The number of nitrogens with one attached hydrogen (secondary N) is 1. The molecule has 2 fully saturated rings. The molecule has 2 aromatic carbocycles. The van der Waals surface area contributed by atoms with E-state index in [1.165, 1.54) is 11.1 Å². The number of likely N-dealkylation sites (tertiary alicyclic amines) is 1. The van der Waals surface area contributed by atoms with Crippen molar-refractivity contribution in [2.45, 2.75) is 58.5 Å². The lowest BCUT2D eigenvalue weighted by Crippen LogP contribution is -2.54. The number of aryl methyl sites for hydroxylation is 1. The fraction of sp³-hybridized carbons (Fsp3) is 0.519. The first-order chi connectivity index (χ1) is 15.4. The lowest BCUT2D eigenvalue weighted by Gasteiger charge is -2.43. The molecule has 0 aliphatic carbocycles. The Morgan fingerprint density at radius 1 is 0.969 bits per heavy atom. The van der Waals surface area contributed by atoms with E-state index in [0.717, 1.165) is 56.9 Å². The summed E-state index contributed by atoms with van der Waals surface area (Å²) in [4.78, 5) is 20.0. The summed E-state index contributed by atoms with van der Waals surface area (Å²) < 4.78 is 0. The molecule has 172 valence electrons. The molecule has 0 spiro atoms. The average molecular weight is 435 g/mol. The summed E-state index contributed by atoms with van der Waals surface area (Å²) in [6.45, 7) is 13.6. The van der Waals surface area contributed by atoms with Crippen molar-refractivity contribution < 1.29 is 4.79 Å². The Bertz CT molecular complexity index is 902. The third-order valence-corrected chi connectivity index (χ3v) is 7.16. The van der Waals surface area contributed by atoms with Crippen molar-refractivity contribution in [3.63, 3.8) is 0 Å². The minimum absolute atomic E-state index is 0.0219. The Hall–Kier alpha value is -2.53. The summed E-state index contributed by atoms with van der Waals surface area (Å²) in [5.74, 6) is 0.547. The van der Waals surface area contributed by atoms with Crippen molar-refractivity contribution in [1.29, 1.82) is 0 Å². The molecule has 2 aromatic rings. The van der Waals surface area contributed by atoms with Gasteiger partial charge in [0.15, 0.2) is 0 Å². The Balaban J connectivity index is 1.37. The standard InChI is InChI=1S/C27H38N4O/c1-20(2)31-18-17-30(19-22(31)4)26-8-6-5-7-25(26)28-27(32)29-15-13-24(14-16-29)23-11-9-21(3)10-12-23/h5-12,20,22,24H,13-19H2,1-4H3,(H,28,32). The Morgan fingerprint density at radius 2 is 1.66 bits per heavy atom. The summed E-state index contributed by atoms with van der Waals surface area (Å²) in [5, 5.41) is 3.22. The monoisotopic (exact) mass is 434 g/mol. The van der Waals surface area contributed by atoms with E-state index in [1.807, 2.05) is 17.0 Å². The maximum atomic E-state index is 13.1. The van der Waals surface area contributed by atoms with Gasteiger partial charge in [0, 0.05) is 44.8 Å². The molecule has 2 heterocycles. The van der Waals surface area contributed by atoms with Crippen LogP contribution in [0, 0.1) is 6.92 Å². The van der Waals surface area contributed by atoms with Gasteiger partial charge >= 0.3 is 6.03 Å². The highest BCUT2D eigenvalue weighted by Crippen LogP contribution is 2.31. The number of anilines is 2. The Kier molecular flexibility index (Phi) is 7.04. The first-order valence-corrected chi connectivity index (χ1v) is 12.1. The smallest absolute Gasteiger partial charge is 0.321 e. The largest absolute Gasteiger partial charge is 0.367 e. The van der Waals surface area contributed by atoms with Crippen LogP contribution in [0.25, 0.3) is 0 Å². The van der Waals surface area contributed by atoms with Gasteiger partial charge in [-0.05, 0) is 64.2 Å². The molecule has 1 N–H and O–H groups in total. The van der Waals surface area contributed by atoms with Gasteiger partial charge < -0.3 is 15.1 Å². The number of carbonyl (C=O) groups excluding carboxylic acids is 1. The van der Waals surface area contributed by atoms with Crippen LogP contribution in [0.3, 0.4) is 0 Å². The first kappa shape index (κ1) is 22.7. The van der Waals surface area contributed by atoms with E-state index < -0.39 is 0 Å². The van der Waals surface area contributed by atoms with Crippen molar-refractivity contribution in [2.24, 2.45) is 0 Å². The molecule has 0 radical (unpaired) electrons. The molecule has 2 amide bonds. The molecule has 32 heavy (non-hydrogen) atoms. The first-order valence-electron chi connectivity index (χ1n) is 12.1. The van der Waals surface area contributed by atoms with Crippen LogP contribution >= 0.6 is 0 Å². The number of piperidine rings is 1. The van der Waals surface area contributed by atoms with E-state index in [1.54, 1.807) is 0 Å². The number of rotatable bonds is 4. The zero-order valence-electron chi connectivity index (χ0n) is 20.1. The van der Waals surface area contributed by atoms with Gasteiger partial charge in [-0.1, -0.05) is 42.0 Å². The highest BCUT2D eigenvalue weighted by atomic mass is 16.2. The van der Waals surface area contributed by atoms with Gasteiger partial charge in [-0.2, -0.15) is 0 Å². The van der Waals surface area contributed by atoms with Gasteiger partial charge in [0.25, 0.3) is 0 Å². The summed E-state index contributed by atoms with van der Waals surface area (Å²) in [6, 6.07) is 18.2. The normalized spacial score (nSPS) is 20.6. The van der Waals surface area contributed by atoms with Gasteiger partial charge in [0.05, 0.1) is 11.4 Å². The fourth-order valence-electron chi connectivity index (χ4n) is 5.26. The van der Waals surface area contributed by atoms with Gasteiger partial charge in [-0.15, -0.1) is 0 Å². The van der Waals surface area contributed by atoms with Crippen molar-refractivity contribution in [2.75, 3.05) is 42.9 Å². The quantitative estimate of drug-likeness (QED) is 0.707. The lowest BCUT2D eigenvalue weighted by molar-refractivity contribution is 0.148. The zero-order valence-corrected chi connectivity index (χ0v) is 20.1.